The third-order valence-corrected chi connectivity index (χ3v) is 1.33. The molecule has 0 saturated carbocycles. The first kappa shape index (κ1) is 12.3. The lowest BCUT2D eigenvalue weighted by Crippen LogP contribution is -1.99. The monoisotopic (exact) mass is 248 g/mol. The van der Waals surface area contributed by atoms with Gasteiger partial charge in [0.05, 0.1) is 6.33 Å². The molecule has 2 aromatic heterocycles. The molecular weight excluding hydrogens is 239 g/mol. The third kappa shape index (κ3) is 3.79. The predicted octanol–water partition coefficient (Wildman–Crippen LogP) is -1.41. The Morgan fingerprint density at radius 1 is 1.25 bits per heavy atom. The smallest absolute Gasteiger partial charge is 0.382 e. The molecule has 0 aliphatic heterocycles. The SMILES string of the molecule is Nc1nc(N)c2[nH]cnc2n1.O=P(O)(O)O. The zero-order valence-corrected chi connectivity index (χ0v) is 8.67. The first-order valence-electron chi connectivity index (χ1n) is 3.77. The van der Waals surface area contributed by atoms with Crippen LogP contribution in [0, 0.1) is 0 Å². The van der Waals surface area contributed by atoms with E-state index in [1.807, 2.05) is 0 Å². The highest BCUT2D eigenvalue weighted by atomic mass is 31.2. The first-order valence-corrected chi connectivity index (χ1v) is 5.34. The molecule has 11 heteroatoms. The number of phosphoric acid groups is 1. The summed E-state index contributed by atoms with van der Waals surface area (Å²) in [5, 5.41) is 0. The summed E-state index contributed by atoms with van der Waals surface area (Å²) in [5.74, 6) is 0.465. The standard InChI is InChI=1S/C5H6N6.H3O4P/c6-3-2-4(9-1-8-2)11-5(7)10-3;1-5(2,3)4/h1H,(H5,6,7,8,9,10,11);(H3,1,2,3,4). The highest BCUT2D eigenvalue weighted by molar-refractivity contribution is 7.45. The Labute approximate surface area is 88.6 Å². The van der Waals surface area contributed by atoms with Crippen molar-refractivity contribution in [2.75, 3.05) is 11.5 Å². The van der Waals surface area contributed by atoms with Gasteiger partial charge in [-0.2, -0.15) is 9.97 Å². The fourth-order valence-electron chi connectivity index (χ4n) is 0.873. The molecule has 2 heterocycles. The molecule has 0 unspecified atom stereocenters. The summed E-state index contributed by atoms with van der Waals surface area (Å²) in [6, 6.07) is 0. The molecule has 0 amide bonds. The van der Waals surface area contributed by atoms with Gasteiger partial charge >= 0.3 is 7.82 Å². The summed E-state index contributed by atoms with van der Waals surface area (Å²) in [6.07, 6.45) is 1.50. The Hall–Kier alpha value is -1.74. The lowest BCUT2D eigenvalue weighted by molar-refractivity contribution is 0.275. The molecule has 2 rings (SSSR count). The van der Waals surface area contributed by atoms with Gasteiger partial charge in [-0.1, -0.05) is 0 Å². The Kier molecular flexibility index (Phi) is 3.40. The fraction of sp³-hybridized carbons (Fsp3) is 0. The predicted molar refractivity (Wildman–Crippen MR) is 54.8 cm³/mol. The average molecular weight is 248 g/mol. The van der Waals surface area contributed by atoms with E-state index >= 15 is 0 Å². The molecule has 2 aromatic rings. The van der Waals surface area contributed by atoms with E-state index in [1.54, 1.807) is 0 Å². The second-order valence-corrected chi connectivity index (χ2v) is 3.61. The molecule has 0 aromatic carbocycles. The van der Waals surface area contributed by atoms with Crippen LogP contribution in [-0.4, -0.2) is 34.6 Å². The average Bonchev–Trinajstić information content (AvgIpc) is 2.47. The van der Waals surface area contributed by atoms with Crippen LogP contribution in [0.25, 0.3) is 11.2 Å². The van der Waals surface area contributed by atoms with E-state index in [4.69, 9.17) is 30.7 Å². The number of aromatic amines is 1. The number of hydrogen-bond donors (Lipinski definition) is 6. The summed E-state index contributed by atoms with van der Waals surface area (Å²) in [5.41, 5.74) is 11.9. The van der Waals surface area contributed by atoms with Crippen LogP contribution in [0.5, 0.6) is 0 Å². The van der Waals surface area contributed by atoms with Gasteiger partial charge in [0, 0.05) is 0 Å². The van der Waals surface area contributed by atoms with Crippen LogP contribution in [0.15, 0.2) is 6.33 Å². The summed E-state index contributed by atoms with van der Waals surface area (Å²) >= 11 is 0. The van der Waals surface area contributed by atoms with Gasteiger partial charge in [-0.3, -0.25) is 0 Å². The number of hydrogen-bond acceptors (Lipinski definition) is 6. The van der Waals surface area contributed by atoms with Crippen molar-refractivity contribution >= 4 is 30.8 Å². The van der Waals surface area contributed by atoms with Crippen molar-refractivity contribution < 1.29 is 19.2 Å². The molecule has 88 valence electrons. The van der Waals surface area contributed by atoms with Crippen LogP contribution in [0.4, 0.5) is 11.8 Å². The van der Waals surface area contributed by atoms with Crippen LogP contribution in [0.2, 0.25) is 0 Å². The largest absolute Gasteiger partial charge is 0.466 e. The maximum Gasteiger partial charge on any atom is 0.466 e. The van der Waals surface area contributed by atoms with Gasteiger partial charge < -0.3 is 31.1 Å². The quantitative estimate of drug-likeness (QED) is 0.304. The molecule has 0 bridgehead atoms. The van der Waals surface area contributed by atoms with Crippen molar-refractivity contribution in [1.82, 2.24) is 19.9 Å². The van der Waals surface area contributed by atoms with Gasteiger partial charge in [0.1, 0.15) is 5.52 Å². The topological polar surface area (TPSA) is 184 Å². The van der Waals surface area contributed by atoms with Crippen LogP contribution in [0.1, 0.15) is 0 Å². The molecule has 0 radical (unpaired) electrons. The van der Waals surface area contributed by atoms with Crippen molar-refractivity contribution in [3.63, 3.8) is 0 Å². The number of nitrogen functional groups attached to an aromatic ring is 2. The number of imidazole rings is 1. The van der Waals surface area contributed by atoms with E-state index < -0.39 is 7.82 Å². The first-order chi connectivity index (χ1) is 7.27. The molecule has 10 nitrogen and oxygen atoms in total. The summed E-state index contributed by atoms with van der Waals surface area (Å²) in [6.45, 7) is 0. The van der Waals surface area contributed by atoms with E-state index in [0.29, 0.717) is 17.0 Å². The van der Waals surface area contributed by atoms with Gasteiger partial charge in [0.25, 0.3) is 0 Å². The normalized spacial score (nSPS) is 10.9. The number of nitrogens with zero attached hydrogens (tertiary/aromatic N) is 3. The number of rotatable bonds is 0. The fourth-order valence-corrected chi connectivity index (χ4v) is 0.873. The molecule has 0 aliphatic carbocycles. The van der Waals surface area contributed by atoms with Crippen LogP contribution in [-0.2, 0) is 4.57 Å². The highest BCUT2D eigenvalue weighted by Crippen LogP contribution is 2.25. The molecule has 0 saturated heterocycles. The molecule has 0 fully saturated rings. The van der Waals surface area contributed by atoms with E-state index in [1.165, 1.54) is 6.33 Å². The zero-order valence-electron chi connectivity index (χ0n) is 7.77. The number of fused-ring (bicyclic) bond motifs is 1. The van der Waals surface area contributed by atoms with Crippen molar-refractivity contribution in [2.45, 2.75) is 0 Å². The summed E-state index contributed by atoms with van der Waals surface area (Å²) in [7, 11) is -4.64. The van der Waals surface area contributed by atoms with E-state index in [0.717, 1.165) is 0 Å². The maximum absolute atomic E-state index is 8.88. The zero-order chi connectivity index (χ0) is 12.3. The second-order valence-electron chi connectivity index (χ2n) is 2.58. The van der Waals surface area contributed by atoms with Crippen LogP contribution in [0.3, 0.4) is 0 Å². The second kappa shape index (κ2) is 4.41. The minimum atomic E-state index is -4.64. The van der Waals surface area contributed by atoms with Gasteiger partial charge in [-0.15, -0.1) is 0 Å². The number of aromatic nitrogens is 4. The summed E-state index contributed by atoms with van der Waals surface area (Å²) in [4.78, 5) is 35.8. The third-order valence-electron chi connectivity index (χ3n) is 1.33. The Morgan fingerprint density at radius 3 is 2.38 bits per heavy atom. The van der Waals surface area contributed by atoms with Crippen molar-refractivity contribution in [3.8, 4) is 0 Å². The Bertz CT molecular complexity index is 526. The number of nitrogens with one attached hydrogen (secondary N) is 1. The Morgan fingerprint density at radius 2 is 1.81 bits per heavy atom. The number of anilines is 2. The minimum absolute atomic E-state index is 0.141. The molecular formula is C5H9N6O4P. The molecule has 8 N–H and O–H groups in total. The highest BCUT2D eigenvalue weighted by Gasteiger charge is 2.03. The van der Waals surface area contributed by atoms with Crippen LogP contribution >= 0.6 is 7.82 Å². The Balaban J connectivity index is 0.000000221. The lowest BCUT2D eigenvalue weighted by atomic mass is 10.5. The maximum atomic E-state index is 8.88. The minimum Gasteiger partial charge on any atom is -0.382 e. The molecule has 16 heavy (non-hydrogen) atoms. The van der Waals surface area contributed by atoms with Crippen molar-refractivity contribution in [1.29, 1.82) is 0 Å². The van der Waals surface area contributed by atoms with E-state index in [2.05, 4.69) is 19.9 Å². The van der Waals surface area contributed by atoms with Crippen LogP contribution < -0.4 is 11.5 Å². The molecule has 0 aliphatic rings. The molecule has 0 spiro atoms. The van der Waals surface area contributed by atoms with Gasteiger partial charge in [-0.05, 0) is 0 Å². The van der Waals surface area contributed by atoms with Gasteiger partial charge in [0.15, 0.2) is 11.5 Å². The van der Waals surface area contributed by atoms with Crippen molar-refractivity contribution in [3.05, 3.63) is 6.33 Å². The van der Waals surface area contributed by atoms with E-state index in [9.17, 15) is 0 Å². The molecule has 0 atom stereocenters. The number of H-pyrrole nitrogens is 1. The van der Waals surface area contributed by atoms with E-state index in [-0.39, 0.29) is 5.95 Å². The van der Waals surface area contributed by atoms with Gasteiger partial charge in [0.2, 0.25) is 5.95 Å². The van der Waals surface area contributed by atoms with Gasteiger partial charge in [-0.25, -0.2) is 9.55 Å². The summed E-state index contributed by atoms with van der Waals surface area (Å²) < 4.78 is 8.88. The number of nitrogens with two attached hydrogens (primary N) is 2. The lowest BCUT2D eigenvalue weighted by Gasteiger charge is -1.94. The van der Waals surface area contributed by atoms with Crippen molar-refractivity contribution in [2.24, 2.45) is 0 Å².